The Balaban J connectivity index is 1.69. The molecular formula is C22H23FN6. The van der Waals surface area contributed by atoms with Gasteiger partial charge >= 0.3 is 0 Å². The van der Waals surface area contributed by atoms with Crippen LogP contribution in [0.4, 0.5) is 22.0 Å². The molecule has 0 saturated heterocycles. The van der Waals surface area contributed by atoms with E-state index in [0.29, 0.717) is 28.7 Å². The fraction of sp³-hybridized carbons (Fsp3) is 0.227. The van der Waals surface area contributed by atoms with E-state index in [4.69, 9.17) is 4.98 Å². The zero-order valence-corrected chi connectivity index (χ0v) is 16.6. The third-order valence-corrected chi connectivity index (χ3v) is 4.71. The first-order chi connectivity index (χ1) is 14.0. The quantitative estimate of drug-likeness (QED) is 0.457. The largest absolute Gasteiger partial charge is 0.348 e. The lowest BCUT2D eigenvalue weighted by Crippen LogP contribution is -2.11. The summed E-state index contributed by atoms with van der Waals surface area (Å²) in [6, 6.07) is 16.8. The molecule has 0 fully saturated rings. The summed E-state index contributed by atoms with van der Waals surface area (Å²) in [6.07, 6.45) is 1.69. The van der Waals surface area contributed by atoms with E-state index in [2.05, 4.69) is 39.7 Å². The van der Waals surface area contributed by atoms with E-state index in [1.165, 1.54) is 6.07 Å². The normalized spacial score (nSPS) is 12.3. The molecule has 7 heteroatoms. The van der Waals surface area contributed by atoms with Crippen molar-refractivity contribution >= 4 is 28.7 Å². The maximum atomic E-state index is 14.1. The zero-order chi connectivity index (χ0) is 20.4. The Morgan fingerprint density at radius 1 is 0.931 bits per heavy atom. The summed E-state index contributed by atoms with van der Waals surface area (Å²) in [7, 11) is 0. The Morgan fingerprint density at radius 3 is 2.38 bits per heavy atom. The molecule has 0 saturated carbocycles. The van der Waals surface area contributed by atoms with Gasteiger partial charge < -0.3 is 10.6 Å². The van der Waals surface area contributed by atoms with E-state index >= 15 is 0 Å². The first-order valence-electron chi connectivity index (χ1n) is 9.61. The Kier molecular flexibility index (Phi) is 5.12. The number of benzene rings is 2. The smallest absolute Gasteiger partial charge is 0.225 e. The lowest BCUT2D eigenvalue weighted by molar-refractivity contribution is 0.615. The summed E-state index contributed by atoms with van der Waals surface area (Å²) in [5, 5.41) is 6.43. The monoisotopic (exact) mass is 390 g/mol. The number of nitrogens with one attached hydrogen (secondary N) is 2. The van der Waals surface area contributed by atoms with Gasteiger partial charge in [-0.15, -0.1) is 0 Å². The Labute approximate surface area is 168 Å². The number of anilines is 3. The molecule has 0 aliphatic carbocycles. The van der Waals surface area contributed by atoms with Gasteiger partial charge in [-0.3, -0.25) is 4.57 Å². The van der Waals surface area contributed by atoms with Crippen LogP contribution in [0.1, 0.15) is 38.4 Å². The van der Waals surface area contributed by atoms with Gasteiger partial charge in [0.05, 0.1) is 17.9 Å². The van der Waals surface area contributed by atoms with E-state index in [9.17, 15) is 4.39 Å². The Morgan fingerprint density at radius 2 is 1.66 bits per heavy atom. The predicted octanol–water partition coefficient (Wildman–Crippen LogP) is 5.46. The highest BCUT2D eigenvalue weighted by molar-refractivity contribution is 5.76. The number of halogens is 1. The van der Waals surface area contributed by atoms with E-state index in [1.807, 2.05) is 36.6 Å². The van der Waals surface area contributed by atoms with Gasteiger partial charge in [-0.25, -0.2) is 14.4 Å². The number of hydrogen-bond donors (Lipinski definition) is 2. The number of fused-ring (bicyclic) bond motifs is 1. The van der Waals surface area contributed by atoms with Gasteiger partial charge in [0.15, 0.2) is 5.65 Å². The van der Waals surface area contributed by atoms with E-state index < -0.39 is 0 Å². The van der Waals surface area contributed by atoms with Gasteiger partial charge in [-0.2, -0.15) is 4.98 Å². The SMILES string of the molecule is CC(Nc1ncc2nc(Nc3ccccc3F)n(C(C)C)c2n1)c1ccccc1. The molecule has 1 unspecified atom stereocenters. The maximum Gasteiger partial charge on any atom is 0.225 e. The molecule has 0 amide bonds. The van der Waals surface area contributed by atoms with Gasteiger partial charge in [0.2, 0.25) is 11.9 Å². The molecule has 0 aliphatic heterocycles. The van der Waals surface area contributed by atoms with Crippen molar-refractivity contribution in [3.8, 4) is 0 Å². The first kappa shape index (κ1) is 18.9. The second-order valence-electron chi connectivity index (χ2n) is 7.18. The van der Waals surface area contributed by atoms with Crippen molar-refractivity contribution in [3.63, 3.8) is 0 Å². The lowest BCUT2D eigenvalue weighted by Gasteiger charge is -2.15. The van der Waals surface area contributed by atoms with Gasteiger partial charge in [-0.05, 0) is 38.5 Å². The molecule has 29 heavy (non-hydrogen) atoms. The van der Waals surface area contributed by atoms with Crippen LogP contribution < -0.4 is 10.6 Å². The minimum Gasteiger partial charge on any atom is -0.348 e. The fourth-order valence-electron chi connectivity index (χ4n) is 3.24. The topological polar surface area (TPSA) is 67.7 Å². The van der Waals surface area contributed by atoms with Crippen molar-refractivity contribution in [3.05, 3.63) is 72.2 Å². The molecule has 0 bridgehead atoms. The lowest BCUT2D eigenvalue weighted by atomic mass is 10.1. The van der Waals surface area contributed by atoms with Gasteiger partial charge in [-0.1, -0.05) is 42.5 Å². The van der Waals surface area contributed by atoms with Crippen molar-refractivity contribution in [1.82, 2.24) is 19.5 Å². The molecule has 2 aromatic carbocycles. The molecule has 0 radical (unpaired) electrons. The van der Waals surface area contributed by atoms with Crippen LogP contribution in [0.5, 0.6) is 0 Å². The summed E-state index contributed by atoms with van der Waals surface area (Å²) >= 11 is 0. The third-order valence-electron chi connectivity index (χ3n) is 4.71. The zero-order valence-electron chi connectivity index (χ0n) is 16.6. The van der Waals surface area contributed by atoms with E-state index in [0.717, 1.165) is 5.56 Å². The highest BCUT2D eigenvalue weighted by Gasteiger charge is 2.17. The Hall–Kier alpha value is -3.48. The minimum absolute atomic E-state index is 0.0556. The second-order valence-corrected chi connectivity index (χ2v) is 7.18. The van der Waals surface area contributed by atoms with Crippen molar-refractivity contribution in [1.29, 1.82) is 0 Å². The van der Waals surface area contributed by atoms with Crippen molar-refractivity contribution in [2.75, 3.05) is 10.6 Å². The average molecular weight is 390 g/mol. The highest BCUT2D eigenvalue weighted by Crippen LogP contribution is 2.27. The molecule has 4 aromatic rings. The van der Waals surface area contributed by atoms with Crippen molar-refractivity contribution < 1.29 is 4.39 Å². The summed E-state index contributed by atoms with van der Waals surface area (Å²) in [5.41, 5.74) is 2.86. The minimum atomic E-state index is -0.333. The van der Waals surface area contributed by atoms with Gasteiger partial charge in [0.25, 0.3) is 0 Å². The molecule has 4 rings (SSSR count). The number of aromatic nitrogens is 4. The molecule has 2 heterocycles. The van der Waals surface area contributed by atoms with Crippen LogP contribution in [0.15, 0.2) is 60.8 Å². The molecule has 2 aromatic heterocycles. The summed E-state index contributed by atoms with van der Waals surface area (Å²) in [6.45, 7) is 6.14. The summed E-state index contributed by atoms with van der Waals surface area (Å²) in [5.74, 6) is 0.718. The number of hydrogen-bond acceptors (Lipinski definition) is 5. The molecule has 6 nitrogen and oxygen atoms in total. The molecule has 1 atom stereocenters. The van der Waals surface area contributed by atoms with Crippen LogP contribution in [-0.2, 0) is 0 Å². The van der Waals surface area contributed by atoms with Crippen LogP contribution in [0.2, 0.25) is 0 Å². The van der Waals surface area contributed by atoms with Gasteiger partial charge in [0, 0.05) is 6.04 Å². The number of para-hydroxylation sites is 1. The van der Waals surface area contributed by atoms with Gasteiger partial charge in [0.1, 0.15) is 11.3 Å². The predicted molar refractivity (Wildman–Crippen MR) is 114 cm³/mol. The second kappa shape index (κ2) is 7.87. The summed E-state index contributed by atoms with van der Waals surface area (Å²) < 4.78 is 16.0. The fourth-order valence-corrected chi connectivity index (χ4v) is 3.24. The average Bonchev–Trinajstić information content (AvgIpc) is 3.08. The van der Waals surface area contributed by atoms with Crippen LogP contribution >= 0.6 is 0 Å². The molecular weight excluding hydrogens is 367 g/mol. The molecule has 148 valence electrons. The van der Waals surface area contributed by atoms with Crippen LogP contribution in [-0.4, -0.2) is 19.5 Å². The number of imidazole rings is 1. The first-order valence-corrected chi connectivity index (χ1v) is 9.61. The molecule has 0 aliphatic rings. The van der Waals surface area contributed by atoms with E-state index in [1.54, 1.807) is 24.4 Å². The number of rotatable bonds is 6. The summed E-state index contributed by atoms with van der Waals surface area (Å²) in [4.78, 5) is 13.7. The Bertz CT molecular complexity index is 1120. The van der Waals surface area contributed by atoms with Crippen molar-refractivity contribution in [2.24, 2.45) is 0 Å². The van der Waals surface area contributed by atoms with Crippen LogP contribution in [0.25, 0.3) is 11.2 Å². The maximum absolute atomic E-state index is 14.1. The van der Waals surface area contributed by atoms with Crippen LogP contribution in [0.3, 0.4) is 0 Å². The standard InChI is InChI=1S/C22H23FN6/c1-14(2)29-20-19(27-22(29)26-18-12-8-7-11-17(18)23)13-24-21(28-20)25-15(3)16-9-5-4-6-10-16/h4-15H,1-3H3,(H,26,27)(H,24,25,28). The number of nitrogens with zero attached hydrogens (tertiary/aromatic N) is 4. The van der Waals surface area contributed by atoms with Crippen LogP contribution in [0, 0.1) is 5.82 Å². The molecule has 0 spiro atoms. The highest BCUT2D eigenvalue weighted by atomic mass is 19.1. The van der Waals surface area contributed by atoms with E-state index in [-0.39, 0.29) is 17.9 Å². The third kappa shape index (κ3) is 3.89. The van der Waals surface area contributed by atoms with Crippen molar-refractivity contribution in [2.45, 2.75) is 32.9 Å². The molecule has 2 N–H and O–H groups in total.